The molecule has 0 radical (unpaired) electrons. The Kier molecular flexibility index (Phi) is 5.06. The number of nitrogens with zero attached hydrogens (tertiary/aromatic N) is 3. The number of halogens is 3. The predicted molar refractivity (Wildman–Crippen MR) is 85.7 cm³/mol. The molecule has 1 aliphatic carbocycles. The highest BCUT2D eigenvalue weighted by Gasteiger charge is 2.48. The van der Waals surface area contributed by atoms with Crippen LogP contribution in [0.25, 0.3) is 0 Å². The highest BCUT2D eigenvalue weighted by atomic mass is 19.4. The minimum absolute atomic E-state index is 0.00252. The van der Waals surface area contributed by atoms with Crippen LogP contribution in [0.5, 0.6) is 0 Å². The Balaban J connectivity index is 1.64. The fraction of sp³-hybridized carbons (Fsp3) is 0.471. The van der Waals surface area contributed by atoms with Crippen LogP contribution in [0.1, 0.15) is 31.2 Å². The minimum atomic E-state index is -4.36. The lowest BCUT2D eigenvalue weighted by molar-refractivity contribution is -0.197. The summed E-state index contributed by atoms with van der Waals surface area (Å²) < 4.78 is 40.9. The van der Waals surface area contributed by atoms with Crippen molar-refractivity contribution in [1.82, 2.24) is 14.8 Å². The lowest BCUT2D eigenvalue weighted by Gasteiger charge is -2.31. The summed E-state index contributed by atoms with van der Waals surface area (Å²) in [7, 11) is 0. The number of carbonyl (C=O) groups excluding carboxylic acids is 1. The number of anilines is 1. The molecule has 1 amide bonds. The average molecular weight is 352 g/mol. The van der Waals surface area contributed by atoms with Crippen LogP contribution in [0, 0.1) is 11.8 Å². The van der Waals surface area contributed by atoms with E-state index in [4.69, 9.17) is 0 Å². The standard InChI is InChI=1S/C17H19F3N4O/c18-17(19,20)14-9-5-4-8-13(14)15(25)22-16-21-11-24(23-16)10-12-6-2-1-3-7-12/h1-3,6-7,11,13-14H,4-5,8-10H2,(H,22,23,25). The van der Waals surface area contributed by atoms with E-state index >= 15 is 0 Å². The monoisotopic (exact) mass is 352 g/mol. The number of benzene rings is 1. The summed E-state index contributed by atoms with van der Waals surface area (Å²) in [6.45, 7) is 0.471. The highest BCUT2D eigenvalue weighted by molar-refractivity contribution is 5.91. The van der Waals surface area contributed by atoms with E-state index in [-0.39, 0.29) is 18.8 Å². The second-order valence-corrected chi connectivity index (χ2v) is 6.28. The molecule has 0 aliphatic heterocycles. The van der Waals surface area contributed by atoms with Gasteiger partial charge in [-0.25, -0.2) is 9.67 Å². The van der Waals surface area contributed by atoms with Gasteiger partial charge in [-0.3, -0.25) is 10.1 Å². The summed E-state index contributed by atoms with van der Waals surface area (Å²) in [6.07, 6.45) is -1.55. The Morgan fingerprint density at radius 1 is 1.20 bits per heavy atom. The van der Waals surface area contributed by atoms with Crippen LogP contribution in [0.2, 0.25) is 0 Å². The van der Waals surface area contributed by atoms with Gasteiger partial charge in [-0.15, -0.1) is 5.10 Å². The van der Waals surface area contributed by atoms with Crippen molar-refractivity contribution >= 4 is 11.9 Å². The molecule has 2 aromatic rings. The average Bonchev–Trinajstić information content (AvgIpc) is 3.02. The van der Waals surface area contributed by atoms with Crippen molar-refractivity contribution in [3.8, 4) is 0 Å². The summed E-state index contributed by atoms with van der Waals surface area (Å²) in [6, 6.07) is 9.55. The second kappa shape index (κ2) is 7.25. The van der Waals surface area contributed by atoms with Crippen molar-refractivity contribution in [1.29, 1.82) is 0 Å². The first kappa shape index (κ1) is 17.4. The van der Waals surface area contributed by atoms with Gasteiger partial charge in [-0.2, -0.15) is 13.2 Å². The molecule has 1 aliphatic rings. The quantitative estimate of drug-likeness (QED) is 0.914. The highest BCUT2D eigenvalue weighted by Crippen LogP contribution is 2.41. The van der Waals surface area contributed by atoms with Crippen LogP contribution >= 0.6 is 0 Å². The predicted octanol–water partition coefficient (Wildman–Crippen LogP) is 3.63. The summed E-state index contributed by atoms with van der Waals surface area (Å²) in [5.74, 6) is -3.28. The Bertz CT molecular complexity index is 714. The van der Waals surface area contributed by atoms with Gasteiger partial charge in [0.1, 0.15) is 6.33 Å². The van der Waals surface area contributed by atoms with Gasteiger partial charge in [0.25, 0.3) is 0 Å². The van der Waals surface area contributed by atoms with Crippen molar-refractivity contribution in [3.05, 3.63) is 42.2 Å². The van der Waals surface area contributed by atoms with Crippen LogP contribution < -0.4 is 5.32 Å². The first-order valence-corrected chi connectivity index (χ1v) is 8.24. The molecule has 1 aromatic heterocycles. The third-order valence-electron chi connectivity index (χ3n) is 4.48. The molecule has 134 valence electrons. The zero-order chi connectivity index (χ0) is 17.9. The number of nitrogens with one attached hydrogen (secondary N) is 1. The number of hydrogen-bond donors (Lipinski definition) is 1. The summed E-state index contributed by atoms with van der Waals surface area (Å²) in [4.78, 5) is 16.3. The normalized spacial score (nSPS) is 21.1. The fourth-order valence-corrected chi connectivity index (χ4v) is 3.24. The molecule has 0 bridgehead atoms. The van der Waals surface area contributed by atoms with E-state index in [0.29, 0.717) is 19.4 Å². The van der Waals surface area contributed by atoms with Gasteiger partial charge in [0.15, 0.2) is 0 Å². The molecule has 3 rings (SSSR count). The van der Waals surface area contributed by atoms with Gasteiger partial charge in [0, 0.05) is 5.92 Å². The number of rotatable bonds is 4. The first-order chi connectivity index (χ1) is 11.9. The van der Waals surface area contributed by atoms with Crippen LogP contribution in [-0.2, 0) is 11.3 Å². The Hall–Kier alpha value is -2.38. The topological polar surface area (TPSA) is 59.8 Å². The molecule has 8 heteroatoms. The van der Waals surface area contributed by atoms with Crippen molar-refractivity contribution in [2.24, 2.45) is 11.8 Å². The maximum Gasteiger partial charge on any atom is 0.392 e. The molecule has 2 atom stereocenters. The van der Waals surface area contributed by atoms with E-state index < -0.39 is 23.9 Å². The molecule has 1 heterocycles. The van der Waals surface area contributed by atoms with Crippen molar-refractivity contribution in [3.63, 3.8) is 0 Å². The van der Waals surface area contributed by atoms with E-state index in [9.17, 15) is 18.0 Å². The van der Waals surface area contributed by atoms with Crippen LogP contribution in [0.3, 0.4) is 0 Å². The third-order valence-corrected chi connectivity index (χ3v) is 4.48. The maximum absolute atomic E-state index is 13.1. The SMILES string of the molecule is O=C(Nc1ncn(Cc2ccccc2)n1)C1CCCCC1C(F)(F)F. The number of alkyl halides is 3. The van der Waals surface area contributed by atoms with Crippen LogP contribution in [0.15, 0.2) is 36.7 Å². The largest absolute Gasteiger partial charge is 0.392 e. The molecule has 0 saturated heterocycles. The van der Waals surface area contributed by atoms with Crippen LogP contribution in [0.4, 0.5) is 19.1 Å². The molecule has 0 spiro atoms. The van der Waals surface area contributed by atoms with Crippen molar-refractivity contribution in [2.75, 3.05) is 5.32 Å². The van der Waals surface area contributed by atoms with Gasteiger partial charge in [-0.1, -0.05) is 43.2 Å². The number of carbonyl (C=O) groups is 1. The fourth-order valence-electron chi connectivity index (χ4n) is 3.24. The zero-order valence-electron chi connectivity index (χ0n) is 13.5. The maximum atomic E-state index is 13.1. The van der Waals surface area contributed by atoms with Gasteiger partial charge in [0.2, 0.25) is 11.9 Å². The van der Waals surface area contributed by atoms with E-state index in [1.165, 1.54) is 11.0 Å². The molecular weight excluding hydrogens is 333 g/mol. The second-order valence-electron chi connectivity index (χ2n) is 6.28. The van der Waals surface area contributed by atoms with E-state index in [1.54, 1.807) is 0 Å². The smallest absolute Gasteiger partial charge is 0.293 e. The molecule has 25 heavy (non-hydrogen) atoms. The van der Waals surface area contributed by atoms with Gasteiger partial charge < -0.3 is 0 Å². The van der Waals surface area contributed by atoms with Gasteiger partial charge >= 0.3 is 6.18 Å². The minimum Gasteiger partial charge on any atom is -0.293 e. The van der Waals surface area contributed by atoms with E-state index in [1.807, 2.05) is 30.3 Å². The van der Waals surface area contributed by atoms with E-state index in [0.717, 1.165) is 5.56 Å². The Labute approximate surface area is 143 Å². The van der Waals surface area contributed by atoms with Crippen molar-refractivity contribution < 1.29 is 18.0 Å². The number of amides is 1. The number of hydrogen-bond acceptors (Lipinski definition) is 3. The van der Waals surface area contributed by atoms with Gasteiger partial charge in [-0.05, 0) is 18.4 Å². The Morgan fingerprint density at radius 3 is 2.64 bits per heavy atom. The van der Waals surface area contributed by atoms with Gasteiger partial charge in [0.05, 0.1) is 12.5 Å². The lowest BCUT2D eigenvalue weighted by Crippen LogP contribution is -2.39. The van der Waals surface area contributed by atoms with Crippen LogP contribution in [-0.4, -0.2) is 26.8 Å². The molecule has 5 nitrogen and oxygen atoms in total. The third kappa shape index (κ3) is 4.37. The zero-order valence-corrected chi connectivity index (χ0v) is 13.5. The Morgan fingerprint density at radius 2 is 1.92 bits per heavy atom. The molecule has 1 aromatic carbocycles. The van der Waals surface area contributed by atoms with E-state index in [2.05, 4.69) is 15.4 Å². The molecule has 1 saturated carbocycles. The molecule has 2 unspecified atom stereocenters. The van der Waals surface area contributed by atoms with Crippen molar-refractivity contribution in [2.45, 2.75) is 38.4 Å². The summed E-state index contributed by atoms with van der Waals surface area (Å²) >= 11 is 0. The molecule has 1 fully saturated rings. The summed E-state index contributed by atoms with van der Waals surface area (Å²) in [5.41, 5.74) is 1.01. The number of aromatic nitrogens is 3. The summed E-state index contributed by atoms with van der Waals surface area (Å²) in [5, 5.41) is 6.56. The lowest BCUT2D eigenvalue weighted by atomic mass is 9.78. The first-order valence-electron chi connectivity index (χ1n) is 8.24. The molecular formula is C17H19F3N4O. The molecule has 1 N–H and O–H groups in total.